The number of halogens is 3. The molecule has 0 radical (unpaired) electrons. The smallest absolute Gasteiger partial charge is 0.269 e. The van der Waals surface area contributed by atoms with Gasteiger partial charge in [0.25, 0.3) is 5.69 Å². The molecule has 0 bridgehead atoms. The second-order valence-corrected chi connectivity index (χ2v) is 14.8. The molecule has 0 aliphatic carbocycles. The molecule has 3 aromatic rings. The lowest BCUT2D eigenvalue weighted by Gasteiger charge is -2.45. The number of sulfonamides is 2. The highest BCUT2D eigenvalue weighted by Crippen LogP contribution is 2.52. The number of hydrogen-bond donors (Lipinski definition) is 2. The van der Waals surface area contributed by atoms with Gasteiger partial charge in [-0.2, -0.15) is 4.31 Å². The zero-order valence-corrected chi connectivity index (χ0v) is 25.2. The zero-order chi connectivity index (χ0) is 29.7. The predicted molar refractivity (Wildman–Crippen MR) is 155 cm³/mol. The van der Waals surface area contributed by atoms with Crippen LogP contribution < -0.4 is 10.0 Å². The van der Waals surface area contributed by atoms with Gasteiger partial charge in [0.15, 0.2) is 0 Å². The van der Waals surface area contributed by atoms with Crippen LogP contribution in [0.4, 0.5) is 15.8 Å². The number of rotatable bonds is 8. The van der Waals surface area contributed by atoms with E-state index in [0.29, 0.717) is 20.6 Å². The van der Waals surface area contributed by atoms with Crippen molar-refractivity contribution in [1.82, 2.24) is 9.03 Å². The normalized spacial score (nSPS) is 20.8. The molecule has 0 amide bonds. The van der Waals surface area contributed by atoms with Gasteiger partial charge < -0.3 is 5.32 Å². The fraction of sp³-hybridized carbons (Fsp3) is 0.231. The Hall–Kier alpha value is -2.88. The zero-order valence-electron chi connectivity index (χ0n) is 21.2. The van der Waals surface area contributed by atoms with Crippen molar-refractivity contribution in [3.8, 4) is 0 Å². The van der Waals surface area contributed by atoms with Crippen LogP contribution in [0, 0.1) is 15.9 Å². The molecule has 1 fully saturated rings. The Kier molecular flexibility index (Phi) is 7.76. The molecule has 5 rings (SSSR count). The second-order valence-electron chi connectivity index (χ2n) is 9.73. The molecule has 10 nitrogen and oxygen atoms in total. The number of anilines is 1. The van der Waals surface area contributed by atoms with Crippen molar-refractivity contribution in [2.24, 2.45) is 0 Å². The highest BCUT2D eigenvalue weighted by molar-refractivity contribution is 9.10. The third-order valence-corrected chi connectivity index (χ3v) is 11.5. The molecule has 0 unspecified atom stereocenters. The minimum absolute atomic E-state index is 0.0255. The Morgan fingerprint density at radius 3 is 2.39 bits per heavy atom. The fourth-order valence-corrected chi connectivity index (χ4v) is 8.49. The van der Waals surface area contributed by atoms with Gasteiger partial charge in [-0.25, -0.2) is 25.9 Å². The lowest BCUT2D eigenvalue weighted by atomic mass is 9.67. The van der Waals surface area contributed by atoms with E-state index in [1.54, 1.807) is 6.07 Å². The van der Waals surface area contributed by atoms with Gasteiger partial charge in [0, 0.05) is 46.7 Å². The van der Waals surface area contributed by atoms with Crippen molar-refractivity contribution in [3.05, 3.63) is 104 Å². The van der Waals surface area contributed by atoms with Crippen LogP contribution in [0.15, 0.2) is 87.1 Å². The number of nitro benzene ring substituents is 1. The van der Waals surface area contributed by atoms with E-state index in [1.807, 2.05) is 0 Å². The Balaban J connectivity index is 1.46. The standard InChI is InChI=1S/C26H23BrClFN4O6S2/c1-16-14-32(41(38,39)21-8-4-19(5-9-21)33(34)35)15-24-26(16,22-12-17(27)13-23(29)25(22)31-24)10-11-30-40(36,37)20-6-2-18(28)3-7-20/h2-9,12-13,24,30-31H,1,10-11,14-15H2/t24-,26-/m0/s1. The summed E-state index contributed by atoms with van der Waals surface area (Å²) in [7, 11) is -8.00. The average molecular weight is 686 g/mol. The molecule has 0 aromatic heterocycles. The van der Waals surface area contributed by atoms with Crippen LogP contribution in [-0.2, 0) is 25.5 Å². The largest absolute Gasteiger partial charge is 0.377 e. The molecule has 0 spiro atoms. The van der Waals surface area contributed by atoms with E-state index >= 15 is 4.39 Å². The number of nitro groups is 1. The lowest BCUT2D eigenvalue weighted by molar-refractivity contribution is -0.384. The highest BCUT2D eigenvalue weighted by atomic mass is 79.9. The molecule has 1 saturated heterocycles. The topological polar surface area (TPSA) is 139 Å². The molecule has 15 heteroatoms. The molecular formula is C26H23BrClFN4O6S2. The second kappa shape index (κ2) is 10.7. The minimum Gasteiger partial charge on any atom is -0.377 e. The number of nitrogens with zero attached hydrogens (tertiary/aromatic N) is 2. The molecule has 41 heavy (non-hydrogen) atoms. The lowest BCUT2D eigenvalue weighted by Crippen LogP contribution is -2.57. The Morgan fingerprint density at radius 2 is 1.76 bits per heavy atom. The van der Waals surface area contributed by atoms with E-state index in [0.717, 1.165) is 24.3 Å². The van der Waals surface area contributed by atoms with Gasteiger partial charge in [-0.3, -0.25) is 10.1 Å². The van der Waals surface area contributed by atoms with Crippen LogP contribution in [0.1, 0.15) is 12.0 Å². The Labute approximate surface area is 249 Å². The van der Waals surface area contributed by atoms with Crippen molar-refractivity contribution < 1.29 is 26.1 Å². The van der Waals surface area contributed by atoms with Crippen molar-refractivity contribution in [1.29, 1.82) is 0 Å². The quantitative estimate of drug-likeness (QED) is 0.197. The molecule has 2 N–H and O–H groups in total. The van der Waals surface area contributed by atoms with E-state index in [2.05, 4.69) is 32.5 Å². The van der Waals surface area contributed by atoms with E-state index < -0.39 is 42.2 Å². The molecule has 2 atom stereocenters. The summed E-state index contributed by atoms with van der Waals surface area (Å²) in [6.45, 7) is 3.93. The van der Waals surface area contributed by atoms with Crippen LogP contribution in [0.2, 0.25) is 5.02 Å². The Bertz CT molecular complexity index is 1770. The number of non-ortho nitro benzene ring substituents is 1. The number of hydrogen-bond acceptors (Lipinski definition) is 7. The summed E-state index contributed by atoms with van der Waals surface area (Å²) < 4.78 is 72.3. The van der Waals surface area contributed by atoms with Gasteiger partial charge in [0.05, 0.1) is 26.4 Å². The maximum absolute atomic E-state index is 15.1. The molecule has 2 heterocycles. The van der Waals surface area contributed by atoms with Crippen molar-refractivity contribution in [2.45, 2.75) is 27.7 Å². The van der Waals surface area contributed by atoms with Crippen LogP contribution >= 0.6 is 27.5 Å². The van der Waals surface area contributed by atoms with Gasteiger partial charge in [0.2, 0.25) is 20.0 Å². The van der Waals surface area contributed by atoms with Crippen molar-refractivity contribution in [3.63, 3.8) is 0 Å². The predicted octanol–water partition coefficient (Wildman–Crippen LogP) is 4.81. The molecule has 216 valence electrons. The first kappa shape index (κ1) is 29.6. The third-order valence-electron chi connectivity index (χ3n) is 7.45. The van der Waals surface area contributed by atoms with Crippen molar-refractivity contribution >= 4 is 59.0 Å². The van der Waals surface area contributed by atoms with Crippen LogP contribution in [0.3, 0.4) is 0 Å². The van der Waals surface area contributed by atoms with Gasteiger partial charge in [0.1, 0.15) is 5.82 Å². The number of nitrogens with one attached hydrogen (secondary N) is 2. The summed E-state index contributed by atoms with van der Waals surface area (Å²) in [5, 5.41) is 14.5. The van der Waals surface area contributed by atoms with E-state index in [1.165, 1.54) is 34.6 Å². The number of benzene rings is 3. The van der Waals surface area contributed by atoms with Gasteiger partial charge in [-0.05, 0) is 66.1 Å². The molecular weight excluding hydrogens is 663 g/mol. The first-order valence-corrected chi connectivity index (χ1v) is 16.3. The SMILES string of the molecule is C=C1CN(S(=O)(=O)c2ccc([N+](=O)[O-])cc2)C[C@@H]2Nc3c(F)cc(Br)cc3[C@]12CCNS(=O)(=O)c1ccc(Cl)cc1. The highest BCUT2D eigenvalue weighted by Gasteiger charge is 2.54. The van der Waals surface area contributed by atoms with Crippen molar-refractivity contribution in [2.75, 3.05) is 25.0 Å². The van der Waals surface area contributed by atoms with Gasteiger partial charge in [-0.15, -0.1) is 0 Å². The third kappa shape index (κ3) is 5.28. The number of fused-ring (bicyclic) bond motifs is 3. The minimum atomic E-state index is -4.11. The average Bonchev–Trinajstić information content (AvgIpc) is 3.24. The van der Waals surface area contributed by atoms with Gasteiger partial charge in [-0.1, -0.05) is 34.1 Å². The summed E-state index contributed by atoms with van der Waals surface area (Å²) in [4.78, 5) is 10.3. The Morgan fingerprint density at radius 1 is 1.12 bits per heavy atom. The molecule has 0 saturated carbocycles. The first-order chi connectivity index (χ1) is 19.3. The molecule has 2 aliphatic rings. The number of piperidine rings is 1. The van der Waals surface area contributed by atoms with Crippen LogP contribution in [-0.4, -0.2) is 51.7 Å². The maximum Gasteiger partial charge on any atom is 0.269 e. The van der Waals surface area contributed by atoms with E-state index in [-0.39, 0.29) is 47.2 Å². The maximum atomic E-state index is 15.1. The van der Waals surface area contributed by atoms with E-state index in [9.17, 15) is 26.9 Å². The van der Waals surface area contributed by atoms with Crippen LogP contribution in [0.25, 0.3) is 0 Å². The fourth-order valence-electron chi connectivity index (χ4n) is 5.46. The summed E-state index contributed by atoms with van der Waals surface area (Å²) in [6, 6.07) is 12.6. The van der Waals surface area contributed by atoms with E-state index in [4.69, 9.17) is 11.6 Å². The molecule has 3 aromatic carbocycles. The summed E-state index contributed by atoms with van der Waals surface area (Å²) in [6.07, 6.45) is 0.157. The van der Waals surface area contributed by atoms with Gasteiger partial charge >= 0.3 is 0 Å². The summed E-state index contributed by atoms with van der Waals surface area (Å²) in [5.74, 6) is -0.553. The first-order valence-electron chi connectivity index (χ1n) is 12.2. The monoisotopic (exact) mass is 684 g/mol. The summed E-state index contributed by atoms with van der Waals surface area (Å²) >= 11 is 9.21. The molecule has 2 aliphatic heterocycles. The van der Waals surface area contributed by atoms with Crippen LogP contribution in [0.5, 0.6) is 0 Å². The summed E-state index contributed by atoms with van der Waals surface area (Å²) in [5.41, 5.74) is -0.0918.